The first-order chi connectivity index (χ1) is 21.1. The van der Waals surface area contributed by atoms with Crippen molar-refractivity contribution in [3.05, 3.63) is 59.7 Å². The van der Waals surface area contributed by atoms with Gasteiger partial charge in [-0.05, 0) is 25.0 Å². The summed E-state index contributed by atoms with van der Waals surface area (Å²) < 4.78 is 23.3. The molecule has 44 heavy (non-hydrogen) atoms. The fourth-order valence-corrected chi connectivity index (χ4v) is 6.58. The molecule has 4 aliphatic heterocycles. The minimum absolute atomic E-state index is 0.0270. The van der Waals surface area contributed by atoms with Crippen molar-refractivity contribution in [3.8, 4) is 23.0 Å². The van der Waals surface area contributed by atoms with Crippen molar-refractivity contribution in [2.75, 3.05) is 71.0 Å². The van der Waals surface area contributed by atoms with Crippen molar-refractivity contribution in [3.63, 3.8) is 0 Å². The zero-order chi connectivity index (χ0) is 31.3. The molecule has 11 heteroatoms. The Morgan fingerprint density at radius 3 is 1.93 bits per heavy atom. The molecule has 2 aromatic rings. The molecule has 4 aliphatic rings. The first-order valence-electron chi connectivity index (χ1n) is 14.7. The van der Waals surface area contributed by atoms with E-state index < -0.39 is 6.04 Å². The minimum atomic E-state index is -0.556. The maximum Gasteiger partial charge on any atom is 0.257 e. The van der Waals surface area contributed by atoms with Crippen LogP contribution in [0.4, 0.5) is 11.4 Å². The van der Waals surface area contributed by atoms with Gasteiger partial charge < -0.3 is 38.5 Å². The highest BCUT2D eigenvalue weighted by Gasteiger charge is 2.43. The predicted molar refractivity (Wildman–Crippen MR) is 165 cm³/mol. The third-order valence-electron chi connectivity index (χ3n) is 8.83. The average molecular weight is 603 g/mol. The molecule has 0 spiro atoms. The van der Waals surface area contributed by atoms with E-state index in [2.05, 4.69) is 18.1 Å². The molecule has 11 nitrogen and oxygen atoms in total. The lowest BCUT2D eigenvalue weighted by molar-refractivity contribution is -0.121. The molecule has 0 N–H and O–H groups in total. The largest absolute Gasteiger partial charge is 0.493 e. The number of methoxy groups -OCH3 is 2. The second kappa shape index (κ2) is 11.4. The Hall–Kier alpha value is -4.67. The van der Waals surface area contributed by atoms with Gasteiger partial charge in [0.25, 0.3) is 11.8 Å². The standard InChI is InChI=1S/C33H38N4O7/c1-19-10-21-18-34(3)24-14-29(27(41-5)12-22(24)31(38)36(21)16-19)43-8-7-9-44-30-15-25-23(13-28(30)42-6)32(39)37-17-20(2)11-26(37)33(40)35(25)4/h12-15,21,26H,1-2,7-11,16-18H2,3-6H3. The van der Waals surface area contributed by atoms with Crippen molar-refractivity contribution < 1.29 is 33.3 Å². The maximum atomic E-state index is 13.4. The molecule has 0 bridgehead atoms. The highest BCUT2D eigenvalue weighted by Crippen LogP contribution is 2.41. The van der Waals surface area contributed by atoms with Gasteiger partial charge in [0.1, 0.15) is 6.04 Å². The Morgan fingerprint density at radius 1 is 0.750 bits per heavy atom. The number of hydrogen-bond donors (Lipinski definition) is 0. The molecule has 0 radical (unpaired) electrons. The number of carbonyl (C=O) groups is 3. The van der Waals surface area contributed by atoms with E-state index in [1.165, 1.54) is 12.0 Å². The van der Waals surface area contributed by atoms with Crippen LogP contribution in [0.3, 0.4) is 0 Å². The normalized spacial score (nSPS) is 21.0. The molecule has 0 saturated carbocycles. The quantitative estimate of drug-likeness (QED) is 0.334. The van der Waals surface area contributed by atoms with Crippen LogP contribution >= 0.6 is 0 Å². The molecular weight excluding hydrogens is 564 g/mol. The number of nitrogens with zero attached hydrogens (tertiary/aromatic N) is 4. The smallest absolute Gasteiger partial charge is 0.257 e. The van der Waals surface area contributed by atoms with E-state index in [0.29, 0.717) is 85.5 Å². The zero-order valence-electron chi connectivity index (χ0n) is 25.7. The number of ether oxygens (including phenoxy) is 4. The van der Waals surface area contributed by atoms with Crippen molar-refractivity contribution in [2.24, 2.45) is 0 Å². The molecule has 2 aromatic carbocycles. The molecule has 6 rings (SSSR count). The molecule has 0 aliphatic carbocycles. The lowest BCUT2D eigenvalue weighted by Gasteiger charge is -2.24. The third-order valence-corrected chi connectivity index (χ3v) is 8.83. The number of fused-ring (bicyclic) bond motifs is 4. The van der Waals surface area contributed by atoms with Crippen LogP contribution in [0.2, 0.25) is 0 Å². The summed E-state index contributed by atoms with van der Waals surface area (Å²) in [6, 6.07) is 6.48. The molecule has 2 saturated heterocycles. The van der Waals surface area contributed by atoms with Crippen LogP contribution in [0, 0.1) is 0 Å². The molecule has 2 atom stereocenters. The lowest BCUT2D eigenvalue weighted by Crippen LogP contribution is -2.43. The van der Waals surface area contributed by atoms with Gasteiger partial charge in [0.15, 0.2) is 23.0 Å². The van der Waals surface area contributed by atoms with Crippen molar-refractivity contribution in [2.45, 2.75) is 31.3 Å². The molecule has 2 fully saturated rings. The zero-order valence-corrected chi connectivity index (χ0v) is 25.7. The van der Waals surface area contributed by atoms with Crippen molar-refractivity contribution >= 4 is 29.1 Å². The average Bonchev–Trinajstić information content (AvgIpc) is 3.56. The van der Waals surface area contributed by atoms with Crippen LogP contribution in [0.5, 0.6) is 23.0 Å². The summed E-state index contributed by atoms with van der Waals surface area (Å²) in [6.45, 7) is 10.3. The van der Waals surface area contributed by atoms with Crippen molar-refractivity contribution in [1.82, 2.24) is 9.80 Å². The first-order valence-corrected chi connectivity index (χ1v) is 14.7. The van der Waals surface area contributed by atoms with Gasteiger partial charge in [-0.2, -0.15) is 0 Å². The van der Waals surface area contributed by atoms with Crippen molar-refractivity contribution in [1.29, 1.82) is 0 Å². The highest BCUT2D eigenvalue weighted by atomic mass is 16.5. The van der Waals surface area contributed by atoms with Gasteiger partial charge in [0, 0.05) is 52.3 Å². The number of carbonyl (C=O) groups excluding carboxylic acids is 3. The monoisotopic (exact) mass is 602 g/mol. The van der Waals surface area contributed by atoms with E-state index in [1.807, 2.05) is 18.0 Å². The second-order valence-electron chi connectivity index (χ2n) is 11.8. The summed E-state index contributed by atoms with van der Waals surface area (Å²) in [7, 11) is 6.72. The number of benzene rings is 2. The van der Waals surface area contributed by atoms with Crippen LogP contribution < -0.4 is 28.7 Å². The van der Waals surface area contributed by atoms with Crippen LogP contribution in [0.25, 0.3) is 0 Å². The molecule has 232 valence electrons. The number of rotatable bonds is 8. The first kappa shape index (κ1) is 29.4. The van der Waals surface area contributed by atoms with E-state index in [-0.39, 0.29) is 23.8 Å². The molecule has 4 heterocycles. The SMILES string of the molecule is C=C1CC2CN(C)c3cc(OCCCOc4cc5c(cc4OC)C(=O)N4CC(=C)CC4C(=O)N5C)c(OC)cc3C(=O)N2C1. The minimum Gasteiger partial charge on any atom is -0.493 e. The van der Waals surface area contributed by atoms with E-state index in [4.69, 9.17) is 18.9 Å². The molecular formula is C33H38N4O7. The summed E-state index contributed by atoms with van der Waals surface area (Å²) in [5, 5.41) is 0. The topological polar surface area (TPSA) is 101 Å². The molecule has 0 aromatic heterocycles. The second-order valence-corrected chi connectivity index (χ2v) is 11.8. The number of hydrogen-bond acceptors (Lipinski definition) is 8. The predicted octanol–water partition coefficient (Wildman–Crippen LogP) is 3.52. The summed E-state index contributed by atoms with van der Waals surface area (Å²) in [6.07, 6.45) is 1.79. The van der Waals surface area contributed by atoms with Gasteiger partial charge >= 0.3 is 0 Å². The summed E-state index contributed by atoms with van der Waals surface area (Å²) in [5.74, 6) is 1.44. The van der Waals surface area contributed by atoms with Gasteiger partial charge in [0.2, 0.25) is 5.91 Å². The number of amides is 3. The Labute approximate surface area is 257 Å². The van der Waals surface area contributed by atoms with Gasteiger partial charge in [-0.25, -0.2) is 0 Å². The van der Waals surface area contributed by atoms with E-state index in [1.54, 1.807) is 37.3 Å². The van der Waals surface area contributed by atoms with E-state index in [9.17, 15) is 14.4 Å². The Balaban J connectivity index is 1.14. The van der Waals surface area contributed by atoms with E-state index >= 15 is 0 Å². The summed E-state index contributed by atoms with van der Waals surface area (Å²) in [5.41, 5.74) is 4.17. The molecule has 2 unspecified atom stereocenters. The summed E-state index contributed by atoms with van der Waals surface area (Å²) >= 11 is 0. The maximum absolute atomic E-state index is 13.4. The van der Waals surface area contributed by atoms with Gasteiger partial charge in [-0.1, -0.05) is 24.3 Å². The van der Waals surface area contributed by atoms with Gasteiger partial charge in [-0.3, -0.25) is 14.4 Å². The Bertz CT molecular complexity index is 1570. The Kier molecular flexibility index (Phi) is 7.65. The Morgan fingerprint density at radius 2 is 1.30 bits per heavy atom. The summed E-state index contributed by atoms with van der Waals surface area (Å²) in [4.78, 5) is 47.1. The van der Waals surface area contributed by atoms with Gasteiger partial charge in [-0.15, -0.1) is 0 Å². The fourth-order valence-electron chi connectivity index (χ4n) is 6.58. The fraction of sp³-hybridized carbons (Fsp3) is 0.424. The highest BCUT2D eigenvalue weighted by molar-refractivity contribution is 6.12. The molecule has 3 amide bonds. The third kappa shape index (κ3) is 4.99. The lowest BCUT2D eigenvalue weighted by atomic mass is 10.1. The van der Waals surface area contributed by atoms with Crippen LogP contribution in [0.15, 0.2) is 48.6 Å². The van der Waals surface area contributed by atoms with Crippen LogP contribution in [-0.2, 0) is 4.79 Å². The van der Waals surface area contributed by atoms with E-state index in [0.717, 1.165) is 23.3 Å². The van der Waals surface area contributed by atoms with Gasteiger partial charge in [0.05, 0.1) is 56.0 Å². The number of likely N-dealkylation sites (N-methyl/N-ethyl adjacent to an activating group) is 2. The number of anilines is 2. The van der Waals surface area contributed by atoms with Crippen LogP contribution in [0.1, 0.15) is 40.0 Å². The van der Waals surface area contributed by atoms with Crippen LogP contribution in [-0.4, -0.2) is 101 Å².